The van der Waals surface area contributed by atoms with Crippen molar-refractivity contribution in [3.8, 4) is 0 Å². The van der Waals surface area contributed by atoms with Crippen molar-refractivity contribution >= 4 is 40.1 Å². The molecule has 3 rings (SSSR count). The van der Waals surface area contributed by atoms with Crippen LogP contribution in [0.25, 0.3) is 0 Å². The van der Waals surface area contributed by atoms with E-state index >= 15 is 0 Å². The number of likely N-dealkylation sites (tertiary alicyclic amines) is 1. The van der Waals surface area contributed by atoms with Crippen LogP contribution < -0.4 is 4.90 Å². The molecule has 2 heterocycles. The standard InChI is InChI=1S/C21H22F3N3O5S/c1-14(28)27(17-5-3-2-4-6-17)19-25-16(12-33-19)11-31-18(29)15-7-9-26(10-8-15)20(30)32-13-21(22,23)24/h2-6,12,15H,7-11,13H2,1H3. The predicted molar refractivity (Wildman–Crippen MR) is 113 cm³/mol. The van der Waals surface area contributed by atoms with Crippen molar-refractivity contribution in [2.24, 2.45) is 5.92 Å². The molecule has 1 aliphatic heterocycles. The molecule has 1 aromatic heterocycles. The highest BCUT2D eigenvalue weighted by Gasteiger charge is 2.33. The molecule has 1 saturated heterocycles. The van der Waals surface area contributed by atoms with Crippen LogP contribution in [0.1, 0.15) is 25.5 Å². The van der Waals surface area contributed by atoms with E-state index in [4.69, 9.17) is 4.74 Å². The topological polar surface area (TPSA) is 89.0 Å². The molecule has 2 aromatic rings. The summed E-state index contributed by atoms with van der Waals surface area (Å²) in [7, 11) is 0. The Kier molecular flexibility index (Phi) is 7.90. The van der Waals surface area contributed by atoms with Crippen molar-refractivity contribution in [2.75, 3.05) is 24.6 Å². The Balaban J connectivity index is 1.49. The molecule has 0 N–H and O–H groups in total. The maximum atomic E-state index is 12.4. The van der Waals surface area contributed by atoms with Gasteiger partial charge in [-0.25, -0.2) is 9.78 Å². The number of ether oxygens (including phenoxy) is 2. The van der Waals surface area contributed by atoms with Crippen LogP contribution in [0.3, 0.4) is 0 Å². The fourth-order valence-electron chi connectivity index (χ4n) is 3.26. The van der Waals surface area contributed by atoms with Crippen LogP contribution in [-0.4, -0.2) is 53.7 Å². The number of rotatable bonds is 6. The molecule has 1 aromatic carbocycles. The summed E-state index contributed by atoms with van der Waals surface area (Å²) in [5.74, 6) is -1.16. The van der Waals surface area contributed by atoms with E-state index in [-0.39, 0.29) is 38.4 Å². The van der Waals surface area contributed by atoms with E-state index in [9.17, 15) is 27.6 Å². The number of alkyl halides is 3. The number of carbonyl (C=O) groups is 3. The summed E-state index contributed by atoms with van der Waals surface area (Å²) < 4.78 is 46.1. The molecule has 0 spiro atoms. The molecule has 1 fully saturated rings. The van der Waals surface area contributed by atoms with Gasteiger partial charge in [0.1, 0.15) is 6.61 Å². The highest BCUT2D eigenvalue weighted by molar-refractivity contribution is 7.14. The fraction of sp³-hybridized carbons (Fsp3) is 0.429. The number of aromatic nitrogens is 1. The van der Waals surface area contributed by atoms with E-state index in [1.54, 1.807) is 17.5 Å². The SMILES string of the molecule is CC(=O)N(c1ccccc1)c1nc(COC(=O)C2CCN(C(=O)OCC(F)(F)F)CC2)cs1. The minimum Gasteiger partial charge on any atom is -0.459 e. The summed E-state index contributed by atoms with van der Waals surface area (Å²) in [6.45, 7) is -0.0955. The third kappa shape index (κ3) is 6.91. The minimum absolute atomic E-state index is 0.0797. The first kappa shape index (κ1) is 24.5. The first-order valence-corrected chi connectivity index (χ1v) is 11.0. The Labute approximate surface area is 191 Å². The van der Waals surface area contributed by atoms with Crippen LogP contribution >= 0.6 is 11.3 Å². The first-order valence-electron chi connectivity index (χ1n) is 10.1. The maximum Gasteiger partial charge on any atom is 0.422 e. The van der Waals surface area contributed by atoms with Crippen molar-refractivity contribution in [2.45, 2.75) is 32.5 Å². The Morgan fingerprint density at radius 1 is 1.15 bits per heavy atom. The number of esters is 1. The second-order valence-electron chi connectivity index (χ2n) is 7.35. The van der Waals surface area contributed by atoms with Crippen molar-refractivity contribution in [1.29, 1.82) is 0 Å². The lowest BCUT2D eigenvalue weighted by Crippen LogP contribution is -2.41. The first-order chi connectivity index (χ1) is 15.6. The molecule has 0 unspecified atom stereocenters. The molecule has 12 heteroatoms. The summed E-state index contributed by atoms with van der Waals surface area (Å²) in [5.41, 5.74) is 1.15. The summed E-state index contributed by atoms with van der Waals surface area (Å²) in [6.07, 6.45) is -5.12. The lowest BCUT2D eigenvalue weighted by molar-refractivity contribution is -0.163. The third-order valence-electron chi connectivity index (χ3n) is 4.87. The largest absolute Gasteiger partial charge is 0.459 e. The van der Waals surface area contributed by atoms with Gasteiger partial charge < -0.3 is 14.4 Å². The van der Waals surface area contributed by atoms with E-state index in [0.717, 1.165) is 4.90 Å². The van der Waals surface area contributed by atoms with Crippen molar-refractivity contribution in [1.82, 2.24) is 9.88 Å². The molecular weight excluding hydrogens is 463 g/mol. The van der Waals surface area contributed by atoms with Crippen molar-refractivity contribution in [3.63, 3.8) is 0 Å². The molecule has 33 heavy (non-hydrogen) atoms. The number of piperidine rings is 1. The quantitative estimate of drug-likeness (QED) is 0.568. The molecule has 0 saturated carbocycles. The second kappa shape index (κ2) is 10.6. The minimum atomic E-state index is -4.59. The van der Waals surface area contributed by atoms with Crippen LogP contribution in [0, 0.1) is 5.92 Å². The number of nitrogens with zero attached hydrogens (tertiary/aromatic N) is 3. The van der Waals surface area contributed by atoms with Gasteiger partial charge in [0, 0.05) is 25.4 Å². The molecule has 178 valence electrons. The molecule has 0 atom stereocenters. The Bertz CT molecular complexity index is 975. The van der Waals surface area contributed by atoms with Crippen LogP contribution in [0.4, 0.5) is 28.8 Å². The highest BCUT2D eigenvalue weighted by atomic mass is 32.1. The van der Waals surface area contributed by atoms with Crippen LogP contribution in [-0.2, 0) is 25.7 Å². The van der Waals surface area contributed by atoms with Gasteiger partial charge in [-0.2, -0.15) is 13.2 Å². The van der Waals surface area contributed by atoms with E-state index in [2.05, 4.69) is 9.72 Å². The Hall–Kier alpha value is -3.15. The number of para-hydroxylation sites is 1. The van der Waals surface area contributed by atoms with E-state index in [1.807, 2.05) is 18.2 Å². The van der Waals surface area contributed by atoms with E-state index in [1.165, 1.54) is 23.2 Å². The summed E-state index contributed by atoms with van der Waals surface area (Å²) in [6, 6.07) is 9.03. The molecule has 0 bridgehead atoms. The Morgan fingerprint density at radius 2 is 1.82 bits per heavy atom. The predicted octanol–water partition coefficient (Wildman–Crippen LogP) is 4.28. The van der Waals surface area contributed by atoms with Crippen LogP contribution in [0.5, 0.6) is 0 Å². The Morgan fingerprint density at radius 3 is 2.42 bits per heavy atom. The molecule has 2 amide bonds. The van der Waals surface area contributed by atoms with Crippen molar-refractivity contribution in [3.05, 3.63) is 41.4 Å². The molecule has 0 aliphatic carbocycles. The fourth-order valence-corrected chi connectivity index (χ4v) is 4.14. The number of thiazole rings is 1. The summed E-state index contributed by atoms with van der Waals surface area (Å²) in [5, 5.41) is 2.14. The monoisotopic (exact) mass is 485 g/mol. The zero-order chi connectivity index (χ0) is 24.0. The maximum absolute atomic E-state index is 12.4. The molecule has 8 nitrogen and oxygen atoms in total. The zero-order valence-electron chi connectivity index (χ0n) is 17.7. The average molecular weight is 485 g/mol. The number of benzene rings is 1. The number of hydrogen-bond donors (Lipinski definition) is 0. The number of amides is 2. The number of halogens is 3. The van der Waals surface area contributed by atoms with Crippen LogP contribution in [0.2, 0.25) is 0 Å². The highest BCUT2D eigenvalue weighted by Crippen LogP contribution is 2.29. The number of hydrogen-bond acceptors (Lipinski definition) is 7. The van der Waals surface area contributed by atoms with E-state index < -0.39 is 30.8 Å². The zero-order valence-corrected chi connectivity index (χ0v) is 18.5. The van der Waals surface area contributed by atoms with Gasteiger partial charge >= 0.3 is 18.2 Å². The lowest BCUT2D eigenvalue weighted by atomic mass is 9.97. The normalized spacial score (nSPS) is 14.6. The van der Waals surface area contributed by atoms with Gasteiger partial charge in [0.15, 0.2) is 11.7 Å². The molecule has 1 aliphatic rings. The van der Waals surface area contributed by atoms with Crippen molar-refractivity contribution < 1.29 is 37.0 Å². The summed E-state index contributed by atoms with van der Waals surface area (Å²) >= 11 is 1.24. The van der Waals surface area contributed by atoms with Gasteiger partial charge in [0.05, 0.1) is 17.3 Å². The lowest BCUT2D eigenvalue weighted by Gasteiger charge is -2.30. The van der Waals surface area contributed by atoms with Gasteiger partial charge in [-0.1, -0.05) is 18.2 Å². The number of anilines is 2. The van der Waals surface area contributed by atoms with Gasteiger partial charge in [-0.05, 0) is 25.0 Å². The summed E-state index contributed by atoms with van der Waals surface area (Å²) in [4.78, 5) is 43.2. The van der Waals surface area contributed by atoms with E-state index in [0.29, 0.717) is 16.5 Å². The smallest absolute Gasteiger partial charge is 0.422 e. The average Bonchev–Trinajstić information content (AvgIpc) is 3.24. The van der Waals surface area contributed by atoms with Gasteiger partial charge in [0.2, 0.25) is 5.91 Å². The number of carbonyl (C=O) groups excluding carboxylic acids is 3. The van der Waals surface area contributed by atoms with Gasteiger partial charge in [-0.3, -0.25) is 14.5 Å². The third-order valence-corrected chi connectivity index (χ3v) is 5.74. The van der Waals surface area contributed by atoms with Gasteiger partial charge in [0.25, 0.3) is 0 Å². The van der Waals surface area contributed by atoms with Gasteiger partial charge in [-0.15, -0.1) is 11.3 Å². The van der Waals surface area contributed by atoms with Crippen LogP contribution in [0.15, 0.2) is 35.7 Å². The molecular formula is C21H22F3N3O5S. The molecule has 0 radical (unpaired) electrons. The second-order valence-corrected chi connectivity index (χ2v) is 8.19.